The first kappa shape index (κ1) is 11.8. The Balaban J connectivity index is 1.99. The average molecular weight is 271 g/mol. The Labute approximate surface area is 116 Å². The third-order valence-electron chi connectivity index (χ3n) is 4.61. The maximum atomic E-state index is 11.8. The van der Waals surface area contributed by atoms with Gasteiger partial charge in [0.15, 0.2) is 0 Å². The Kier molecular flexibility index (Phi) is 2.35. The van der Waals surface area contributed by atoms with Crippen molar-refractivity contribution in [2.24, 2.45) is 5.73 Å². The van der Waals surface area contributed by atoms with E-state index in [1.807, 2.05) is 12.1 Å². The van der Waals surface area contributed by atoms with E-state index in [4.69, 9.17) is 10.5 Å². The number of aromatic amines is 1. The zero-order chi connectivity index (χ0) is 13.9. The Morgan fingerprint density at radius 1 is 1.50 bits per heavy atom. The van der Waals surface area contributed by atoms with Crippen molar-refractivity contribution in [3.8, 4) is 5.75 Å². The van der Waals surface area contributed by atoms with Crippen molar-refractivity contribution < 1.29 is 9.53 Å². The number of nitrogens with two attached hydrogens (primary N) is 1. The molecule has 4 rings (SSSR count). The summed E-state index contributed by atoms with van der Waals surface area (Å²) in [6.07, 6.45) is 1.08. The first-order chi connectivity index (χ1) is 9.69. The van der Waals surface area contributed by atoms with Crippen LogP contribution in [0.5, 0.6) is 5.75 Å². The standard InChI is InChI=1S/C15H17N3O2/c1-20-9-2-3-11-10(6-9)12-8-4-5-18(7-8)14(15(16)19)13(12)17-11/h2-3,6,8,14,17H,4-5,7H2,1H3,(H2,16,19). The number of amides is 1. The number of primary amides is 1. The van der Waals surface area contributed by atoms with Crippen LogP contribution in [0.15, 0.2) is 18.2 Å². The minimum Gasteiger partial charge on any atom is -0.497 e. The number of hydrogen-bond acceptors (Lipinski definition) is 3. The first-order valence-electron chi connectivity index (χ1n) is 6.92. The summed E-state index contributed by atoms with van der Waals surface area (Å²) in [6, 6.07) is 5.67. The molecule has 104 valence electrons. The number of nitrogens with one attached hydrogen (secondary N) is 1. The van der Waals surface area contributed by atoms with Crippen molar-refractivity contribution in [3.63, 3.8) is 0 Å². The molecule has 2 aliphatic rings. The molecule has 3 atom stereocenters. The highest BCUT2D eigenvalue weighted by Crippen LogP contribution is 2.45. The SMILES string of the molecule is COc1ccc2[nH]c3c(c2c1)C1CCN(C1)C3C(N)=O. The van der Waals surface area contributed by atoms with Crippen molar-refractivity contribution in [3.05, 3.63) is 29.5 Å². The van der Waals surface area contributed by atoms with Gasteiger partial charge in [0.1, 0.15) is 11.8 Å². The number of H-pyrrole nitrogens is 1. The molecule has 3 unspecified atom stereocenters. The predicted molar refractivity (Wildman–Crippen MR) is 75.7 cm³/mol. The molecule has 1 aromatic carbocycles. The fourth-order valence-corrected chi connectivity index (χ4v) is 3.76. The van der Waals surface area contributed by atoms with Crippen LogP contribution in [0.25, 0.3) is 10.9 Å². The van der Waals surface area contributed by atoms with E-state index in [-0.39, 0.29) is 11.9 Å². The Morgan fingerprint density at radius 3 is 3.10 bits per heavy atom. The number of hydrogen-bond donors (Lipinski definition) is 2. The van der Waals surface area contributed by atoms with Crippen LogP contribution in [0.1, 0.15) is 29.6 Å². The lowest BCUT2D eigenvalue weighted by Crippen LogP contribution is -2.39. The second-order valence-corrected chi connectivity index (χ2v) is 5.65. The van der Waals surface area contributed by atoms with E-state index in [0.717, 1.165) is 41.9 Å². The molecule has 1 amide bonds. The van der Waals surface area contributed by atoms with Gasteiger partial charge in [0.05, 0.1) is 7.11 Å². The molecule has 1 fully saturated rings. The van der Waals surface area contributed by atoms with Gasteiger partial charge in [0.25, 0.3) is 0 Å². The van der Waals surface area contributed by atoms with Crippen LogP contribution in [0.4, 0.5) is 0 Å². The van der Waals surface area contributed by atoms with Gasteiger partial charge in [-0.3, -0.25) is 9.69 Å². The molecule has 3 N–H and O–H groups in total. The third kappa shape index (κ3) is 1.44. The molecular formula is C15H17N3O2. The van der Waals surface area contributed by atoms with Gasteiger partial charge in [-0.1, -0.05) is 0 Å². The van der Waals surface area contributed by atoms with Crippen LogP contribution in [0.3, 0.4) is 0 Å². The summed E-state index contributed by atoms with van der Waals surface area (Å²) < 4.78 is 5.32. The highest BCUT2D eigenvalue weighted by atomic mass is 16.5. The molecular weight excluding hydrogens is 254 g/mol. The van der Waals surface area contributed by atoms with E-state index in [1.54, 1.807) is 7.11 Å². The number of carbonyl (C=O) groups is 1. The first-order valence-corrected chi connectivity index (χ1v) is 6.92. The van der Waals surface area contributed by atoms with Crippen LogP contribution in [-0.2, 0) is 4.79 Å². The fourth-order valence-electron chi connectivity index (χ4n) is 3.76. The molecule has 0 aliphatic carbocycles. The van der Waals surface area contributed by atoms with E-state index in [2.05, 4.69) is 16.0 Å². The lowest BCUT2D eigenvalue weighted by atomic mass is 9.90. The summed E-state index contributed by atoms with van der Waals surface area (Å²) in [4.78, 5) is 17.4. The summed E-state index contributed by atoms with van der Waals surface area (Å²) >= 11 is 0. The second kappa shape index (κ2) is 3.99. The van der Waals surface area contributed by atoms with Gasteiger partial charge in [-0.25, -0.2) is 0 Å². The average Bonchev–Trinajstić information content (AvgIpc) is 3.00. The van der Waals surface area contributed by atoms with Crippen molar-refractivity contribution in [1.29, 1.82) is 0 Å². The van der Waals surface area contributed by atoms with E-state index in [0.29, 0.717) is 5.92 Å². The smallest absolute Gasteiger partial charge is 0.240 e. The second-order valence-electron chi connectivity index (χ2n) is 5.65. The van der Waals surface area contributed by atoms with Crippen LogP contribution in [-0.4, -0.2) is 36.0 Å². The number of carbonyl (C=O) groups excluding carboxylic acids is 1. The highest BCUT2D eigenvalue weighted by molar-refractivity contribution is 5.91. The molecule has 5 heteroatoms. The molecule has 0 radical (unpaired) electrons. The Morgan fingerprint density at radius 2 is 2.35 bits per heavy atom. The molecule has 0 saturated carbocycles. The van der Waals surface area contributed by atoms with Gasteiger partial charge in [-0.05, 0) is 36.7 Å². The van der Waals surface area contributed by atoms with Gasteiger partial charge in [0, 0.05) is 29.1 Å². The topological polar surface area (TPSA) is 71.3 Å². The van der Waals surface area contributed by atoms with Crippen molar-refractivity contribution in [1.82, 2.24) is 9.88 Å². The molecule has 2 aromatic rings. The van der Waals surface area contributed by atoms with Gasteiger partial charge >= 0.3 is 0 Å². The molecule has 0 spiro atoms. The number of benzene rings is 1. The maximum absolute atomic E-state index is 11.8. The summed E-state index contributed by atoms with van der Waals surface area (Å²) in [5, 5.41) is 1.16. The zero-order valence-electron chi connectivity index (χ0n) is 11.3. The summed E-state index contributed by atoms with van der Waals surface area (Å²) in [6.45, 7) is 1.86. The highest BCUT2D eigenvalue weighted by Gasteiger charge is 2.42. The maximum Gasteiger partial charge on any atom is 0.240 e. The van der Waals surface area contributed by atoms with Crippen LogP contribution in [0.2, 0.25) is 0 Å². The summed E-state index contributed by atoms with van der Waals surface area (Å²) in [7, 11) is 1.67. The minimum absolute atomic E-state index is 0.273. The number of methoxy groups -OCH3 is 1. The van der Waals surface area contributed by atoms with E-state index < -0.39 is 0 Å². The molecule has 1 saturated heterocycles. The molecule has 5 nitrogen and oxygen atoms in total. The summed E-state index contributed by atoms with van der Waals surface area (Å²) in [5.41, 5.74) is 8.91. The predicted octanol–water partition coefficient (Wildman–Crippen LogP) is 1.51. The van der Waals surface area contributed by atoms with Gasteiger partial charge in [-0.2, -0.15) is 0 Å². The van der Waals surface area contributed by atoms with Gasteiger partial charge in [-0.15, -0.1) is 0 Å². The van der Waals surface area contributed by atoms with Gasteiger partial charge < -0.3 is 15.5 Å². The van der Waals surface area contributed by atoms with E-state index in [9.17, 15) is 4.79 Å². The molecule has 2 bridgehead atoms. The van der Waals surface area contributed by atoms with Crippen molar-refractivity contribution in [2.75, 3.05) is 20.2 Å². The molecule has 1 aromatic heterocycles. The van der Waals surface area contributed by atoms with Crippen LogP contribution >= 0.6 is 0 Å². The quantitative estimate of drug-likeness (QED) is 0.869. The number of fused-ring (bicyclic) bond motifs is 6. The number of rotatable bonds is 2. The van der Waals surface area contributed by atoms with Crippen LogP contribution < -0.4 is 10.5 Å². The number of nitrogens with zero attached hydrogens (tertiary/aromatic N) is 1. The monoisotopic (exact) mass is 271 g/mol. The molecule has 20 heavy (non-hydrogen) atoms. The normalized spacial score (nSPS) is 27.6. The Bertz CT molecular complexity index is 706. The summed E-state index contributed by atoms with van der Waals surface area (Å²) in [5.74, 6) is 1.06. The Hall–Kier alpha value is -2.01. The minimum atomic E-state index is -0.317. The molecule has 3 heterocycles. The van der Waals surface area contributed by atoms with E-state index >= 15 is 0 Å². The van der Waals surface area contributed by atoms with Crippen molar-refractivity contribution >= 4 is 16.8 Å². The number of ether oxygens (including phenoxy) is 1. The van der Waals surface area contributed by atoms with Crippen LogP contribution in [0, 0.1) is 0 Å². The lowest BCUT2D eigenvalue weighted by Gasteiger charge is -2.30. The van der Waals surface area contributed by atoms with Gasteiger partial charge in [0.2, 0.25) is 5.91 Å². The van der Waals surface area contributed by atoms with E-state index in [1.165, 1.54) is 5.56 Å². The lowest BCUT2D eigenvalue weighted by molar-refractivity contribution is -0.123. The number of aromatic nitrogens is 1. The zero-order valence-corrected chi connectivity index (χ0v) is 11.3. The molecule has 2 aliphatic heterocycles. The van der Waals surface area contributed by atoms with Crippen molar-refractivity contribution in [2.45, 2.75) is 18.4 Å². The largest absolute Gasteiger partial charge is 0.497 e. The third-order valence-corrected chi connectivity index (χ3v) is 4.61. The fraction of sp³-hybridized carbons (Fsp3) is 0.400.